The molecule has 1 aromatic rings. The molecule has 0 heterocycles. The zero-order chi connectivity index (χ0) is 17.0. The van der Waals surface area contributed by atoms with Gasteiger partial charge in [0.1, 0.15) is 0 Å². The van der Waals surface area contributed by atoms with Crippen molar-refractivity contribution in [1.82, 2.24) is 5.32 Å². The maximum Gasteiger partial charge on any atom is 0.258 e. The van der Waals surface area contributed by atoms with Crippen molar-refractivity contribution in [2.45, 2.75) is 57.9 Å². The highest BCUT2D eigenvalue weighted by atomic mass is 19.1. The predicted molar refractivity (Wildman–Crippen MR) is 90.2 cm³/mol. The van der Waals surface area contributed by atoms with E-state index in [0.717, 1.165) is 25.2 Å². The zero-order valence-corrected chi connectivity index (χ0v) is 14.5. The van der Waals surface area contributed by atoms with Crippen LogP contribution in [0, 0.1) is 22.6 Å². The summed E-state index contributed by atoms with van der Waals surface area (Å²) < 4.78 is 19.0. The van der Waals surface area contributed by atoms with Crippen molar-refractivity contribution in [2.24, 2.45) is 16.7 Å². The third kappa shape index (κ3) is 2.80. The fraction of sp³-hybridized carbons (Fsp3) is 0.650. The summed E-state index contributed by atoms with van der Waals surface area (Å²) in [6, 6.07) is 6.21. The van der Waals surface area contributed by atoms with Gasteiger partial charge in [0.15, 0.2) is 18.2 Å². The fourth-order valence-electron chi connectivity index (χ4n) is 6.62. The van der Waals surface area contributed by atoms with Crippen molar-refractivity contribution in [2.75, 3.05) is 6.61 Å². The number of carbonyl (C=O) groups is 1. The number of carbonyl (C=O) groups excluding carboxylic acids is 1. The van der Waals surface area contributed by atoms with E-state index >= 15 is 0 Å². The van der Waals surface area contributed by atoms with Crippen LogP contribution in [0.5, 0.6) is 5.75 Å². The van der Waals surface area contributed by atoms with Gasteiger partial charge in [0.2, 0.25) is 0 Å². The van der Waals surface area contributed by atoms with Crippen LogP contribution in [0.25, 0.3) is 0 Å². The number of benzene rings is 1. The summed E-state index contributed by atoms with van der Waals surface area (Å²) in [4.78, 5) is 12.5. The smallest absolute Gasteiger partial charge is 0.258 e. The van der Waals surface area contributed by atoms with E-state index < -0.39 is 5.82 Å². The molecule has 0 spiro atoms. The molecule has 0 saturated heterocycles. The summed E-state index contributed by atoms with van der Waals surface area (Å²) in [6.45, 7) is 4.64. The van der Waals surface area contributed by atoms with E-state index in [1.807, 2.05) is 0 Å². The number of hydrogen-bond donors (Lipinski definition) is 1. The monoisotopic (exact) mass is 331 g/mol. The summed E-state index contributed by atoms with van der Waals surface area (Å²) in [6.07, 6.45) is 7.09. The van der Waals surface area contributed by atoms with E-state index in [0.29, 0.717) is 10.8 Å². The normalized spacial score (nSPS) is 39.7. The van der Waals surface area contributed by atoms with E-state index in [1.165, 1.54) is 25.3 Å². The van der Waals surface area contributed by atoms with Gasteiger partial charge in [-0.05, 0) is 67.4 Å². The van der Waals surface area contributed by atoms with Gasteiger partial charge >= 0.3 is 0 Å². The number of amides is 1. The number of ether oxygens (including phenoxy) is 1. The van der Waals surface area contributed by atoms with E-state index in [4.69, 9.17) is 4.74 Å². The first kappa shape index (κ1) is 15.9. The minimum atomic E-state index is -0.430. The Bertz CT molecular complexity index is 655. The van der Waals surface area contributed by atoms with E-state index in [2.05, 4.69) is 19.2 Å². The lowest BCUT2D eigenvalue weighted by atomic mass is 9.43. The van der Waals surface area contributed by atoms with Crippen molar-refractivity contribution in [3.05, 3.63) is 30.1 Å². The second-order valence-corrected chi connectivity index (χ2v) is 9.18. The van der Waals surface area contributed by atoms with Crippen LogP contribution in [-0.2, 0) is 4.79 Å². The maximum atomic E-state index is 13.6. The van der Waals surface area contributed by atoms with Crippen molar-refractivity contribution >= 4 is 5.91 Å². The van der Waals surface area contributed by atoms with Gasteiger partial charge in [-0.2, -0.15) is 0 Å². The van der Waals surface area contributed by atoms with Gasteiger partial charge in [0, 0.05) is 5.54 Å². The lowest BCUT2D eigenvalue weighted by Crippen LogP contribution is -2.65. The lowest BCUT2D eigenvalue weighted by Gasteiger charge is -2.65. The molecule has 4 bridgehead atoms. The Labute approximate surface area is 143 Å². The molecule has 4 heteroatoms. The Balaban J connectivity index is 1.43. The van der Waals surface area contributed by atoms with Crippen LogP contribution in [-0.4, -0.2) is 18.1 Å². The van der Waals surface area contributed by atoms with Crippen LogP contribution in [0.15, 0.2) is 24.3 Å². The number of halogens is 1. The average Bonchev–Trinajstić information content (AvgIpc) is 2.42. The summed E-state index contributed by atoms with van der Waals surface area (Å²) in [7, 11) is 0. The number of hydrogen-bond acceptors (Lipinski definition) is 2. The molecule has 1 N–H and O–H groups in total. The van der Waals surface area contributed by atoms with Gasteiger partial charge in [-0.15, -0.1) is 0 Å². The molecule has 4 saturated carbocycles. The second kappa shape index (κ2) is 5.21. The highest BCUT2D eigenvalue weighted by Gasteiger charge is 2.60. The summed E-state index contributed by atoms with van der Waals surface area (Å²) in [5.41, 5.74) is 0.625. The first-order valence-corrected chi connectivity index (χ1v) is 8.97. The van der Waals surface area contributed by atoms with Gasteiger partial charge in [-0.25, -0.2) is 4.39 Å². The van der Waals surface area contributed by atoms with Crippen LogP contribution in [0.4, 0.5) is 4.39 Å². The van der Waals surface area contributed by atoms with Crippen LogP contribution >= 0.6 is 0 Å². The molecule has 1 amide bonds. The molecule has 4 aliphatic carbocycles. The molecule has 1 aromatic carbocycles. The van der Waals surface area contributed by atoms with E-state index in [1.54, 1.807) is 18.2 Å². The van der Waals surface area contributed by atoms with Crippen molar-refractivity contribution in [1.29, 1.82) is 0 Å². The minimum Gasteiger partial charge on any atom is -0.481 e. The number of nitrogens with one attached hydrogen (secondary N) is 1. The van der Waals surface area contributed by atoms with Crippen LogP contribution in [0.2, 0.25) is 0 Å². The van der Waals surface area contributed by atoms with Gasteiger partial charge in [-0.3, -0.25) is 4.79 Å². The molecule has 4 aliphatic rings. The molecule has 0 radical (unpaired) electrons. The minimum absolute atomic E-state index is 0.0847. The molecule has 2 atom stereocenters. The maximum absolute atomic E-state index is 13.6. The average molecular weight is 331 g/mol. The standard InChI is InChI=1S/C20H26FNO2/c1-18-7-14-8-19(2,11-18)13-20(9-14,12-18)22-17(23)10-24-16-6-4-3-5-15(16)21/h3-6,14H,7-13H2,1-2H3,(H,22,23). The molecular formula is C20H26FNO2. The van der Waals surface area contributed by atoms with Gasteiger partial charge in [0.05, 0.1) is 0 Å². The molecule has 0 aliphatic heterocycles. The van der Waals surface area contributed by atoms with Crippen molar-refractivity contribution in [3.8, 4) is 5.75 Å². The molecule has 5 rings (SSSR count). The Morgan fingerprint density at radius 2 is 1.83 bits per heavy atom. The quantitative estimate of drug-likeness (QED) is 0.903. The first-order valence-electron chi connectivity index (χ1n) is 8.97. The van der Waals surface area contributed by atoms with Crippen molar-refractivity contribution in [3.63, 3.8) is 0 Å². The first-order chi connectivity index (χ1) is 11.3. The Morgan fingerprint density at radius 1 is 1.17 bits per heavy atom. The molecule has 4 fully saturated rings. The molecule has 3 nitrogen and oxygen atoms in total. The number of rotatable bonds is 4. The van der Waals surface area contributed by atoms with Gasteiger partial charge in [-0.1, -0.05) is 26.0 Å². The highest BCUT2D eigenvalue weighted by molar-refractivity contribution is 5.78. The second-order valence-electron chi connectivity index (χ2n) is 9.18. The SMILES string of the molecule is CC12CC3CC(C)(C1)CC(NC(=O)COc1ccccc1F)(C3)C2. The third-order valence-corrected chi connectivity index (χ3v) is 6.23. The van der Waals surface area contributed by atoms with Crippen molar-refractivity contribution < 1.29 is 13.9 Å². The number of para-hydroxylation sites is 1. The predicted octanol–water partition coefficient (Wildman–Crippen LogP) is 4.07. The third-order valence-electron chi connectivity index (χ3n) is 6.23. The van der Waals surface area contributed by atoms with Gasteiger partial charge < -0.3 is 10.1 Å². The molecule has 24 heavy (non-hydrogen) atoms. The zero-order valence-electron chi connectivity index (χ0n) is 14.5. The summed E-state index contributed by atoms with van der Waals surface area (Å²) in [5, 5.41) is 3.28. The molecule has 0 aromatic heterocycles. The summed E-state index contributed by atoms with van der Waals surface area (Å²) >= 11 is 0. The Morgan fingerprint density at radius 3 is 2.46 bits per heavy atom. The van der Waals surface area contributed by atoms with Crippen LogP contribution in [0.1, 0.15) is 52.4 Å². The largest absolute Gasteiger partial charge is 0.481 e. The summed E-state index contributed by atoms with van der Waals surface area (Å²) in [5.74, 6) is 0.300. The highest BCUT2D eigenvalue weighted by Crippen LogP contribution is 2.66. The van der Waals surface area contributed by atoms with Crippen LogP contribution < -0.4 is 10.1 Å². The fourth-order valence-corrected chi connectivity index (χ4v) is 6.62. The van der Waals surface area contributed by atoms with E-state index in [9.17, 15) is 9.18 Å². The lowest BCUT2D eigenvalue weighted by molar-refractivity contribution is -0.141. The van der Waals surface area contributed by atoms with E-state index in [-0.39, 0.29) is 23.8 Å². The molecular weight excluding hydrogens is 305 g/mol. The Kier molecular flexibility index (Phi) is 3.45. The Hall–Kier alpha value is -1.58. The molecule has 130 valence electrons. The van der Waals surface area contributed by atoms with Gasteiger partial charge in [0.25, 0.3) is 5.91 Å². The topological polar surface area (TPSA) is 38.3 Å². The van der Waals surface area contributed by atoms with Crippen LogP contribution in [0.3, 0.4) is 0 Å². The molecule has 2 unspecified atom stereocenters.